The van der Waals surface area contributed by atoms with Crippen LogP contribution in [0.2, 0.25) is 0 Å². The summed E-state index contributed by atoms with van der Waals surface area (Å²) >= 11 is 0. The van der Waals surface area contributed by atoms with Crippen molar-refractivity contribution >= 4 is 20.9 Å². The van der Waals surface area contributed by atoms with E-state index in [9.17, 15) is 8.42 Å². The van der Waals surface area contributed by atoms with Gasteiger partial charge in [0.25, 0.3) is 0 Å². The van der Waals surface area contributed by atoms with Crippen molar-refractivity contribution in [3.8, 4) is 0 Å². The van der Waals surface area contributed by atoms with Crippen molar-refractivity contribution < 1.29 is 8.42 Å². The number of aryl methyl sites for hydroxylation is 1. The summed E-state index contributed by atoms with van der Waals surface area (Å²) in [5.74, 6) is 0.179. The van der Waals surface area contributed by atoms with E-state index in [4.69, 9.17) is 0 Å². The Morgan fingerprint density at radius 1 is 1.22 bits per heavy atom. The fraction of sp³-hybridized carbons (Fsp3) is 0.462. The highest BCUT2D eigenvalue weighted by atomic mass is 32.2. The molecular weight excluding hydrogens is 248 g/mol. The van der Waals surface area contributed by atoms with Gasteiger partial charge in [-0.25, -0.2) is 13.4 Å². The lowest BCUT2D eigenvalue weighted by molar-refractivity contribution is 0.576. The number of fused-ring (bicyclic) bond motifs is 1. The molecule has 0 saturated carbocycles. The lowest BCUT2D eigenvalue weighted by Gasteiger charge is -2.03. The molecule has 2 rings (SSSR count). The molecule has 0 amide bonds. The summed E-state index contributed by atoms with van der Waals surface area (Å²) in [5.41, 5.74) is 1.58. The van der Waals surface area contributed by atoms with Crippen molar-refractivity contribution in [2.24, 2.45) is 7.05 Å². The van der Waals surface area contributed by atoms with Crippen molar-refractivity contribution in [3.63, 3.8) is 0 Å². The van der Waals surface area contributed by atoms with Crippen LogP contribution in [0.25, 0.3) is 11.0 Å². The third-order valence-electron chi connectivity index (χ3n) is 3.04. The first-order chi connectivity index (χ1) is 8.56. The largest absolute Gasteiger partial charge is 0.318 e. The molecule has 0 fully saturated rings. The molecule has 0 bridgehead atoms. The molecule has 2 aromatic rings. The van der Waals surface area contributed by atoms with E-state index in [2.05, 4.69) is 11.9 Å². The number of rotatable bonds is 5. The molecule has 5 heteroatoms. The summed E-state index contributed by atoms with van der Waals surface area (Å²) in [6.45, 7) is 2.06. The summed E-state index contributed by atoms with van der Waals surface area (Å²) in [6.07, 6.45) is 2.64. The number of aromatic nitrogens is 2. The molecule has 0 spiro atoms. The average Bonchev–Trinajstić information content (AvgIpc) is 2.69. The van der Waals surface area contributed by atoms with E-state index < -0.39 is 9.84 Å². The lowest BCUT2D eigenvalue weighted by atomic mass is 10.3. The van der Waals surface area contributed by atoms with Gasteiger partial charge in [0.15, 0.2) is 0 Å². The van der Waals surface area contributed by atoms with Gasteiger partial charge in [0.05, 0.1) is 16.8 Å². The first-order valence-electron chi connectivity index (χ1n) is 6.20. The van der Waals surface area contributed by atoms with E-state index in [-0.39, 0.29) is 10.9 Å². The molecule has 98 valence electrons. The van der Waals surface area contributed by atoms with E-state index in [1.165, 1.54) is 0 Å². The number of hydrogen-bond acceptors (Lipinski definition) is 3. The fourth-order valence-electron chi connectivity index (χ4n) is 2.03. The van der Waals surface area contributed by atoms with Gasteiger partial charge in [-0.05, 0) is 18.6 Å². The zero-order valence-electron chi connectivity index (χ0n) is 10.8. The minimum atomic E-state index is -3.27. The number of imidazole rings is 1. The third-order valence-corrected chi connectivity index (χ3v) is 4.79. The van der Waals surface area contributed by atoms with Gasteiger partial charge in [0.1, 0.15) is 0 Å². The highest BCUT2D eigenvalue weighted by molar-refractivity contribution is 7.91. The molecule has 0 atom stereocenters. The summed E-state index contributed by atoms with van der Waals surface area (Å²) in [7, 11) is -1.52. The number of benzene rings is 1. The highest BCUT2D eigenvalue weighted by Gasteiger charge is 2.21. The highest BCUT2D eigenvalue weighted by Crippen LogP contribution is 2.19. The number of sulfone groups is 1. The molecule has 0 radical (unpaired) electrons. The van der Waals surface area contributed by atoms with E-state index in [1.54, 1.807) is 11.6 Å². The molecule has 18 heavy (non-hydrogen) atoms. The standard InChI is InChI=1S/C13H18N2O2S/c1-3-4-7-10-18(16,17)13-14-11-8-5-6-9-12(11)15(13)2/h5-6,8-9H,3-4,7,10H2,1-2H3. The van der Waals surface area contributed by atoms with Gasteiger partial charge in [0, 0.05) is 7.05 Å². The molecule has 1 aromatic heterocycles. The zero-order valence-corrected chi connectivity index (χ0v) is 11.6. The van der Waals surface area contributed by atoms with Gasteiger partial charge >= 0.3 is 0 Å². The molecule has 0 unspecified atom stereocenters. The normalized spacial score (nSPS) is 12.1. The smallest absolute Gasteiger partial charge is 0.228 e. The molecule has 1 aromatic carbocycles. The molecular formula is C13H18N2O2S. The summed E-state index contributed by atoms with van der Waals surface area (Å²) < 4.78 is 26.1. The van der Waals surface area contributed by atoms with Crippen LogP contribution in [0.15, 0.2) is 29.4 Å². The van der Waals surface area contributed by atoms with E-state index in [1.807, 2.05) is 24.3 Å². The van der Waals surface area contributed by atoms with Gasteiger partial charge < -0.3 is 4.57 Å². The number of hydrogen-bond donors (Lipinski definition) is 0. The maximum atomic E-state index is 12.2. The summed E-state index contributed by atoms with van der Waals surface area (Å²) in [6, 6.07) is 7.47. The monoisotopic (exact) mass is 266 g/mol. The van der Waals surface area contributed by atoms with Crippen LogP contribution in [-0.4, -0.2) is 23.7 Å². The molecule has 1 heterocycles. The van der Waals surface area contributed by atoms with Crippen molar-refractivity contribution in [1.82, 2.24) is 9.55 Å². The van der Waals surface area contributed by atoms with Crippen LogP contribution in [0.4, 0.5) is 0 Å². The molecule has 0 aliphatic heterocycles. The average molecular weight is 266 g/mol. The Kier molecular flexibility index (Phi) is 3.71. The molecule has 0 aliphatic carbocycles. The fourth-order valence-corrected chi connectivity index (χ4v) is 3.55. The predicted molar refractivity (Wildman–Crippen MR) is 72.3 cm³/mol. The summed E-state index contributed by atoms with van der Waals surface area (Å²) in [5, 5.41) is 0.180. The molecule has 0 saturated heterocycles. The van der Waals surface area contributed by atoms with Gasteiger partial charge in [-0.1, -0.05) is 31.9 Å². The topological polar surface area (TPSA) is 52.0 Å². The summed E-state index contributed by atoms with van der Waals surface area (Å²) in [4.78, 5) is 4.24. The second-order valence-corrected chi connectivity index (χ2v) is 6.47. The van der Waals surface area contributed by atoms with Gasteiger partial charge in [0.2, 0.25) is 15.0 Å². The van der Waals surface area contributed by atoms with Crippen LogP contribution in [0.1, 0.15) is 26.2 Å². The molecule has 0 aliphatic rings. The molecule has 0 N–H and O–H groups in total. The second-order valence-electron chi connectivity index (χ2n) is 4.47. The number of para-hydroxylation sites is 2. The Balaban J connectivity index is 2.38. The quantitative estimate of drug-likeness (QED) is 0.781. The third kappa shape index (κ3) is 2.41. The van der Waals surface area contributed by atoms with Crippen LogP contribution in [0.5, 0.6) is 0 Å². The van der Waals surface area contributed by atoms with Gasteiger partial charge in [-0.15, -0.1) is 0 Å². The first-order valence-corrected chi connectivity index (χ1v) is 7.85. The Morgan fingerprint density at radius 3 is 2.61 bits per heavy atom. The second kappa shape index (κ2) is 5.10. The SMILES string of the molecule is CCCCCS(=O)(=O)c1nc2ccccc2n1C. The maximum absolute atomic E-state index is 12.2. The minimum absolute atomic E-state index is 0.179. The molecule has 4 nitrogen and oxygen atoms in total. The number of nitrogens with zero attached hydrogens (tertiary/aromatic N) is 2. The van der Waals surface area contributed by atoms with E-state index in [0.717, 1.165) is 23.9 Å². The van der Waals surface area contributed by atoms with E-state index >= 15 is 0 Å². The lowest BCUT2D eigenvalue weighted by Crippen LogP contribution is -2.12. The van der Waals surface area contributed by atoms with Crippen LogP contribution in [0.3, 0.4) is 0 Å². The van der Waals surface area contributed by atoms with E-state index in [0.29, 0.717) is 6.42 Å². The number of unbranched alkanes of at least 4 members (excludes halogenated alkanes) is 2. The minimum Gasteiger partial charge on any atom is -0.318 e. The zero-order chi connectivity index (χ0) is 13.2. The van der Waals surface area contributed by atoms with Crippen molar-refractivity contribution in [1.29, 1.82) is 0 Å². The van der Waals surface area contributed by atoms with Crippen LogP contribution in [0, 0.1) is 0 Å². The van der Waals surface area contributed by atoms with Crippen molar-refractivity contribution in [2.45, 2.75) is 31.3 Å². The van der Waals surface area contributed by atoms with Crippen LogP contribution in [-0.2, 0) is 16.9 Å². The maximum Gasteiger partial charge on any atom is 0.228 e. The van der Waals surface area contributed by atoms with Crippen molar-refractivity contribution in [2.75, 3.05) is 5.75 Å². The Hall–Kier alpha value is -1.36. The predicted octanol–water partition coefficient (Wildman–Crippen LogP) is 2.54. The Bertz CT molecular complexity index is 644. The van der Waals surface area contributed by atoms with Gasteiger partial charge in [-0.2, -0.15) is 0 Å². The Morgan fingerprint density at radius 2 is 1.94 bits per heavy atom. The van der Waals surface area contributed by atoms with Gasteiger partial charge in [-0.3, -0.25) is 0 Å². The van der Waals surface area contributed by atoms with Crippen LogP contribution < -0.4 is 0 Å². The van der Waals surface area contributed by atoms with Crippen LogP contribution >= 0.6 is 0 Å². The Labute approximate surface area is 108 Å². The first kappa shape index (κ1) is 13.1. The van der Waals surface area contributed by atoms with Crippen molar-refractivity contribution in [3.05, 3.63) is 24.3 Å².